The molecule has 0 amide bonds. The van der Waals surface area contributed by atoms with Crippen LogP contribution < -0.4 is 5.32 Å². The SMILES string of the molecule is CC1(C)CCC(Nc2ccc(F)c(C(=O)O)c2)CC1. The van der Waals surface area contributed by atoms with Gasteiger partial charge in [0.2, 0.25) is 0 Å². The summed E-state index contributed by atoms with van der Waals surface area (Å²) in [4.78, 5) is 10.9. The summed E-state index contributed by atoms with van der Waals surface area (Å²) in [5.41, 5.74) is 0.803. The van der Waals surface area contributed by atoms with E-state index in [-0.39, 0.29) is 5.56 Å². The first-order chi connectivity index (χ1) is 8.87. The summed E-state index contributed by atoms with van der Waals surface area (Å²) in [6.07, 6.45) is 4.43. The third-order valence-electron chi connectivity index (χ3n) is 3.91. The highest BCUT2D eigenvalue weighted by molar-refractivity contribution is 5.89. The third-order valence-corrected chi connectivity index (χ3v) is 3.91. The summed E-state index contributed by atoms with van der Waals surface area (Å²) >= 11 is 0. The fraction of sp³-hybridized carbons (Fsp3) is 0.533. The van der Waals surface area contributed by atoms with Crippen molar-refractivity contribution in [1.82, 2.24) is 0 Å². The first kappa shape index (κ1) is 13.8. The molecule has 0 aliphatic heterocycles. The van der Waals surface area contributed by atoms with E-state index in [9.17, 15) is 9.18 Å². The lowest BCUT2D eigenvalue weighted by Crippen LogP contribution is -2.29. The van der Waals surface area contributed by atoms with Gasteiger partial charge in [0.05, 0.1) is 5.56 Å². The predicted molar refractivity (Wildman–Crippen MR) is 73.0 cm³/mol. The van der Waals surface area contributed by atoms with E-state index < -0.39 is 11.8 Å². The summed E-state index contributed by atoms with van der Waals surface area (Å²) in [5.74, 6) is -1.92. The first-order valence-corrected chi connectivity index (χ1v) is 6.67. The van der Waals surface area contributed by atoms with Crippen LogP contribution in [0.5, 0.6) is 0 Å². The van der Waals surface area contributed by atoms with Crippen LogP contribution in [0.2, 0.25) is 0 Å². The molecule has 19 heavy (non-hydrogen) atoms. The van der Waals surface area contributed by atoms with Gasteiger partial charge >= 0.3 is 5.97 Å². The number of nitrogens with one attached hydrogen (secondary N) is 1. The third kappa shape index (κ3) is 3.46. The molecule has 3 nitrogen and oxygen atoms in total. The maximum Gasteiger partial charge on any atom is 0.338 e. The smallest absolute Gasteiger partial charge is 0.338 e. The number of carboxylic acid groups (broad SMARTS) is 1. The van der Waals surface area contributed by atoms with Crippen LogP contribution in [-0.4, -0.2) is 17.1 Å². The molecule has 1 saturated carbocycles. The Morgan fingerprint density at radius 1 is 1.37 bits per heavy atom. The molecule has 1 aliphatic carbocycles. The summed E-state index contributed by atoms with van der Waals surface area (Å²) in [7, 11) is 0. The van der Waals surface area contributed by atoms with Gasteiger partial charge in [0.15, 0.2) is 0 Å². The van der Waals surface area contributed by atoms with E-state index in [0.29, 0.717) is 17.1 Å². The summed E-state index contributed by atoms with van der Waals surface area (Å²) in [6.45, 7) is 4.54. The molecule has 0 aromatic heterocycles. The van der Waals surface area contributed by atoms with Gasteiger partial charge in [0, 0.05) is 11.7 Å². The molecule has 2 N–H and O–H groups in total. The largest absolute Gasteiger partial charge is 0.478 e. The van der Waals surface area contributed by atoms with Gasteiger partial charge in [-0.2, -0.15) is 0 Å². The van der Waals surface area contributed by atoms with E-state index in [1.54, 1.807) is 6.07 Å². The fourth-order valence-corrected chi connectivity index (χ4v) is 2.56. The second-order valence-electron chi connectivity index (χ2n) is 6.08. The number of halogens is 1. The van der Waals surface area contributed by atoms with Crippen molar-refractivity contribution in [2.24, 2.45) is 5.41 Å². The minimum absolute atomic E-state index is 0.277. The summed E-state index contributed by atoms with van der Waals surface area (Å²) < 4.78 is 13.3. The van der Waals surface area contributed by atoms with Crippen molar-refractivity contribution in [2.45, 2.75) is 45.6 Å². The predicted octanol–water partition coefficient (Wildman–Crippen LogP) is 3.90. The lowest BCUT2D eigenvalue weighted by atomic mass is 9.75. The van der Waals surface area contributed by atoms with Crippen molar-refractivity contribution in [3.8, 4) is 0 Å². The molecule has 1 aromatic rings. The number of benzene rings is 1. The Morgan fingerprint density at radius 3 is 2.58 bits per heavy atom. The average molecular weight is 265 g/mol. The van der Waals surface area contributed by atoms with Crippen LogP contribution in [0.1, 0.15) is 49.9 Å². The Balaban J connectivity index is 2.04. The van der Waals surface area contributed by atoms with Gasteiger partial charge in [0.1, 0.15) is 5.82 Å². The topological polar surface area (TPSA) is 49.3 Å². The van der Waals surface area contributed by atoms with E-state index in [0.717, 1.165) is 25.7 Å². The lowest BCUT2D eigenvalue weighted by molar-refractivity contribution is 0.0692. The van der Waals surface area contributed by atoms with Crippen molar-refractivity contribution in [1.29, 1.82) is 0 Å². The Labute approximate surface area is 112 Å². The maximum atomic E-state index is 13.3. The van der Waals surface area contributed by atoms with Gasteiger partial charge in [0.25, 0.3) is 0 Å². The van der Waals surface area contributed by atoms with Gasteiger partial charge in [-0.3, -0.25) is 0 Å². The minimum Gasteiger partial charge on any atom is -0.478 e. The number of hydrogen-bond acceptors (Lipinski definition) is 2. The Kier molecular flexibility index (Phi) is 3.78. The number of anilines is 1. The number of rotatable bonds is 3. The number of aromatic carboxylic acids is 1. The molecule has 2 rings (SSSR count). The van der Waals surface area contributed by atoms with Gasteiger partial charge in [-0.15, -0.1) is 0 Å². The molecule has 1 aliphatic rings. The monoisotopic (exact) mass is 265 g/mol. The van der Waals surface area contributed by atoms with E-state index in [4.69, 9.17) is 5.11 Å². The highest BCUT2D eigenvalue weighted by Gasteiger charge is 2.26. The van der Waals surface area contributed by atoms with Gasteiger partial charge in [-0.05, 0) is 49.3 Å². The van der Waals surface area contributed by atoms with Gasteiger partial charge in [-0.25, -0.2) is 9.18 Å². The van der Waals surface area contributed by atoms with E-state index in [1.165, 1.54) is 12.1 Å². The van der Waals surface area contributed by atoms with Crippen LogP contribution in [0.15, 0.2) is 18.2 Å². The molecule has 0 bridgehead atoms. The number of carboxylic acids is 1. The minimum atomic E-state index is -1.23. The van der Waals surface area contributed by atoms with E-state index in [2.05, 4.69) is 19.2 Å². The van der Waals surface area contributed by atoms with E-state index >= 15 is 0 Å². The van der Waals surface area contributed by atoms with Gasteiger partial charge < -0.3 is 10.4 Å². The molecule has 104 valence electrons. The molecule has 0 spiro atoms. The lowest BCUT2D eigenvalue weighted by Gasteiger charge is -2.35. The molecular weight excluding hydrogens is 245 g/mol. The van der Waals surface area contributed by atoms with Crippen molar-refractivity contribution < 1.29 is 14.3 Å². The molecule has 4 heteroatoms. The van der Waals surface area contributed by atoms with Gasteiger partial charge in [-0.1, -0.05) is 13.8 Å². The Bertz CT molecular complexity index is 475. The average Bonchev–Trinajstić information content (AvgIpc) is 2.34. The summed E-state index contributed by atoms with van der Waals surface area (Å²) in [5, 5.41) is 12.2. The zero-order valence-corrected chi connectivity index (χ0v) is 11.4. The molecule has 0 radical (unpaired) electrons. The molecule has 1 aromatic carbocycles. The molecule has 0 atom stereocenters. The first-order valence-electron chi connectivity index (χ1n) is 6.67. The zero-order valence-electron chi connectivity index (χ0n) is 11.4. The molecule has 0 heterocycles. The van der Waals surface area contributed by atoms with Crippen molar-refractivity contribution in [2.75, 3.05) is 5.32 Å². The maximum absolute atomic E-state index is 13.3. The fourth-order valence-electron chi connectivity index (χ4n) is 2.56. The Hall–Kier alpha value is -1.58. The van der Waals surface area contributed by atoms with Crippen molar-refractivity contribution >= 4 is 11.7 Å². The molecule has 0 saturated heterocycles. The number of hydrogen-bond donors (Lipinski definition) is 2. The van der Waals surface area contributed by atoms with Crippen molar-refractivity contribution in [3.05, 3.63) is 29.6 Å². The van der Waals surface area contributed by atoms with Crippen molar-refractivity contribution in [3.63, 3.8) is 0 Å². The molecule has 1 fully saturated rings. The van der Waals surface area contributed by atoms with Crippen LogP contribution in [0.4, 0.5) is 10.1 Å². The number of carbonyl (C=O) groups is 1. The highest BCUT2D eigenvalue weighted by atomic mass is 19.1. The van der Waals surface area contributed by atoms with E-state index in [1.807, 2.05) is 0 Å². The second kappa shape index (κ2) is 5.19. The van der Waals surface area contributed by atoms with Crippen LogP contribution in [0.3, 0.4) is 0 Å². The van der Waals surface area contributed by atoms with Crippen LogP contribution in [0.25, 0.3) is 0 Å². The molecule has 0 unspecified atom stereocenters. The van der Waals surface area contributed by atoms with Crippen LogP contribution in [0, 0.1) is 11.2 Å². The highest BCUT2D eigenvalue weighted by Crippen LogP contribution is 2.36. The standard InChI is InChI=1S/C15H20FNO2/c1-15(2)7-5-10(6-8-15)17-11-3-4-13(16)12(9-11)14(18)19/h3-4,9-10,17H,5-8H2,1-2H3,(H,18,19). The molecular formula is C15H20FNO2. The normalized spacial score (nSPS) is 19.1. The van der Waals surface area contributed by atoms with Crippen LogP contribution in [-0.2, 0) is 0 Å². The zero-order chi connectivity index (χ0) is 14.0. The quantitative estimate of drug-likeness (QED) is 0.871. The van der Waals surface area contributed by atoms with Crippen LogP contribution >= 0.6 is 0 Å². The Morgan fingerprint density at radius 2 is 2.00 bits per heavy atom. The summed E-state index contributed by atoms with van der Waals surface area (Å²) in [6, 6.07) is 4.53. The second-order valence-corrected chi connectivity index (χ2v) is 6.08.